The van der Waals surface area contributed by atoms with Crippen molar-refractivity contribution in [2.75, 3.05) is 31.1 Å². The number of piperidine rings is 1. The number of hydrogen-bond acceptors (Lipinski definition) is 6. The number of anilines is 1. The van der Waals surface area contributed by atoms with Crippen LogP contribution in [0.25, 0.3) is 32.9 Å². The number of aromatic nitrogens is 3. The van der Waals surface area contributed by atoms with E-state index in [-0.39, 0.29) is 24.5 Å². The quantitative estimate of drug-likeness (QED) is 0.148. The topological polar surface area (TPSA) is 57.2 Å². The molecule has 0 aliphatic carbocycles. The molecule has 0 amide bonds. The molecule has 0 radical (unpaired) electrons. The maximum atomic E-state index is 16.2. The molecule has 0 spiro atoms. The molecule has 3 saturated heterocycles. The van der Waals surface area contributed by atoms with Crippen LogP contribution < -0.4 is 10.2 Å². The Morgan fingerprint density at radius 3 is 2.54 bits per heavy atom. The molecule has 2 aromatic carbocycles. The van der Waals surface area contributed by atoms with Gasteiger partial charge in [0.25, 0.3) is 0 Å². The largest absolute Gasteiger partial charge is 0.391 e. The van der Waals surface area contributed by atoms with Gasteiger partial charge in [-0.25, -0.2) is 18.7 Å². The molecule has 6 nitrogen and oxygen atoms in total. The monoisotopic (exact) mass is 713 g/mol. The summed E-state index contributed by atoms with van der Waals surface area (Å²) in [4.78, 5) is 19.0. The van der Waals surface area contributed by atoms with Crippen molar-refractivity contribution in [3.8, 4) is 11.3 Å². The first kappa shape index (κ1) is 39.6. The Labute approximate surface area is 311 Å². The third-order valence-corrected chi connectivity index (χ3v) is 11.4. The van der Waals surface area contributed by atoms with Gasteiger partial charge in [0.1, 0.15) is 28.7 Å². The van der Waals surface area contributed by atoms with Crippen molar-refractivity contribution in [1.29, 1.82) is 0 Å². The van der Waals surface area contributed by atoms with E-state index in [4.69, 9.17) is 4.98 Å². The molecule has 2 aromatic heterocycles. The van der Waals surface area contributed by atoms with Crippen molar-refractivity contribution < 1.29 is 8.78 Å². The Morgan fingerprint density at radius 2 is 1.77 bits per heavy atom. The molecular formula is C44H62F2N6. The fourth-order valence-electron chi connectivity index (χ4n) is 8.83. The van der Waals surface area contributed by atoms with Gasteiger partial charge in [-0.2, -0.15) is 0 Å². The van der Waals surface area contributed by atoms with Crippen LogP contribution in [-0.2, 0) is 12.8 Å². The molecule has 3 aliphatic rings. The molecule has 52 heavy (non-hydrogen) atoms. The molecule has 0 bridgehead atoms. The number of pyridine rings is 1. The summed E-state index contributed by atoms with van der Waals surface area (Å²) in [6, 6.07) is 9.05. The number of benzene rings is 2. The predicted molar refractivity (Wildman–Crippen MR) is 215 cm³/mol. The maximum Gasteiger partial charge on any atom is 0.175 e. The number of fused-ring (bicyclic) bond motifs is 3. The van der Waals surface area contributed by atoms with Gasteiger partial charge in [-0.1, -0.05) is 66.2 Å². The third-order valence-electron chi connectivity index (χ3n) is 11.4. The minimum absolute atomic E-state index is 0. The van der Waals surface area contributed by atoms with Gasteiger partial charge in [-0.3, -0.25) is 9.88 Å². The first-order valence-electron chi connectivity index (χ1n) is 19.7. The zero-order valence-corrected chi connectivity index (χ0v) is 31.4. The van der Waals surface area contributed by atoms with E-state index >= 15 is 4.39 Å². The van der Waals surface area contributed by atoms with Crippen molar-refractivity contribution in [2.24, 2.45) is 5.92 Å². The van der Waals surface area contributed by atoms with Gasteiger partial charge >= 0.3 is 0 Å². The van der Waals surface area contributed by atoms with Crippen molar-refractivity contribution in [1.82, 2.24) is 25.2 Å². The molecule has 3 fully saturated rings. The van der Waals surface area contributed by atoms with Crippen LogP contribution in [0.4, 0.5) is 14.6 Å². The van der Waals surface area contributed by atoms with Gasteiger partial charge < -0.3 is 10.2 Å². The number of nitrogens with one attached hydrogen (secondary N) is 1. The predicted octanol–water partition coefficient (Wildman–Crippen LogP) is 10.7. The van der Waals surface area contributed by atoms with Crippen LogP contribution in [0.3, 0.4) is 0 Å². The molecule has 3 unspecified atom stereocenters. The lowest BCUT2D eigenvalue weighted by Gasteiger charge is -2.32. The Morgan fingerprint density at radius 1 is 0.962 bits per heavy atom. The summed E-state index contributed by atoms with van der Waals surface area (Å²) in [5.74, 6) is 1.19. The Hall–Kier alpha value is -3.65. The molecule has 8 heteroatoms. The summed E-state index contributed by atoms with van der Waals surface area (Å²) in [7, 11) is 0. The highest BCUT2D eigenvalue weighted by Gasteiger charge is 2.35. The van der Waals surface area contributed by atoms with Crippen LogP contribution in [0.2, 0.25) is 0 Å². The molecule has 0 saturated carbocycles. The molecule has 282 valence electrons. The second-order valence-corrected chi connectivity index (χ2v) is 15.1. The van der Waals surface area contributed by atoms with E-state index in [2.05, 4.69) is 38.6 Å². The van der Waals surface area contributed by atoms with E-state index in [1.165, 1.54) is 76.8 Å². The molecule has 7 rings (SSSR count). The fraction of sp³-hybridized carbons (Fsp3) is 0.568. The third kappa shape index (κ3) is 8.75. The lowest BCUT2D eigenvalue weighted by molar-refractivity contribution is 0.231. The molecule has 1 N–H and O–H groups in total. The highest BCUT2D eigenvalue weighted by atomic mass is 19.1. The summed E-state index contributed by atoms with van der Waals surface area (Å²) < 4.78 is 30.9. The highest BCUT2D eigenvalue weighted by Crippen LogP contribution is 2.38. The average Bonchev–Trinajstić information content (AvgIpc) is 3.76. The smallest absolute Gasteiger partial charge is 0.175 e. The number of unbranched alkanes of at least 4 members (excludes halogenated alkanes) is 3. The normalized spacial score (nSPS) is 20.0. The summed E-state index contributed by atoms with van der Waals surface area (Å²) in [6.45, 7) is 16.0. The number of aryl methyl sites for hydroxylation is 3. The zero-order valence-electron chi connectivity index (χ0n) is 31.4. The Kier molecular flexibility index (Phi) is 14.0. The standard InChI is InChI=1S/C28H30F2N4.C15H28N2.CH4/c1-5-19-22(29)10-9-18-12-17(4)13-20(24(18)19)26-25(30)27-21(14-31-26)28(33-23(6-2)32-27)34-11-7-8-16(3)15-34;1-2-16-12-6-4-3-5-8-14-10-11-15-9-7-13-17(14)15;/h9-10,12-14,16H,5-8,11,15H2,1-4H3;2,14-16H,1,3-13H2;1H4. The van der Waals surface area contributed by atoms with Gasteiger partial charge in [-0.05, 0) is 117 Å². The van der Waals surface area contributed by atoms with Crippen LogP contribution in [0, 0.1) is 24.5 Å². The molecule has 5 heterocycles. The van der Waals surface area contributed by atoms with Gasteiger partial charge in [-0.15, -0.1) is 0 Å². The molecule has 3 aliphatic heterocycles. The van der Waals surface area contributed by atoms with E-state index < -0.39 is 5.82 Å². The van der Waals surface area contributed by atoms with Crippen LogP contribution in [-0.4, -0.2) is 58.1 Å². The van der Waals surface area contributed by atoms with Crippen molar-refractivity contribution in [2.45, 2.75) is 131 Å². The first-order valence-corrected chi connectivity index (χ1v) is 19.7. The molecular weight excluding hydrogens is 651 g/mol. The SMILES string of the molecule is C.C=CNCCCCCCC1CCC2CCCN12.CCc1nc(N2CCCC(C)C2)c2cnc(-c3cc(C)cc4ccc(F)c(CC)c34)c(F)c2n1. The first-order chi connectivity index (χ1) is 24.8. The number of hydrogen-bond donors (Lipinski definition) is 1. The van der Waals surface area contributed by atoms with Crippen molar-refractivity contribution in [3.63, 3.8) is 0 Å². The van der Waals surface area contributed by atoms with Gasteiger partial charge in [0, 0.05) is 49.9 Å². The summed E-state index contributed by atoms with van der Waals surface area (Å²) in [6.07, 6.45) is 19.7. The zero-order chi connectivity index (χ0) is 35.9. The summed E-state index contributed by atoms with van der Waals surface area (Å²) in [5.41, 5.74) is 2.65. The van der Waals surface area contributed by atoms with E-state index in [0.717, 1.165) is 54.9 Å². The van der Waals surface area contributed by atoms with Crippen molar-refractivity contribution in [3.05, 3.63) is 71.8 Å². The minimum Gasteiger partial charge on any atom is -0.391 e. The van der Waals surface area contributed by atoms with Crippen LogP contribution in [0.5, 0.6) is 0 Å². The lowest BCUT2D eigenvalue weighted by Crippen LogP contribution is -2.35. The van der Waals surface area contributed by atoms with E-state index in [0.29, 0.717) is 46.5 Å². The Bertz CT molecular complexity index is 1810. The number of halogens is 2. The minimum atomic E-state index is -0.473. The molecule has 4 aromatic rings. The van der Waals surface area contributed by atoms with E-state index in [1.54, 1.807) is 18.5 Å². The summed E-state index contributed by atoms with van der Waals surface area (Å²) >= 11 is 0. The van der Waals surface area contributed by atoms with Gasteiger partial charge in [0.05, 0.1) is 5.39 Å². The van der Waals surface area contributed by atoms with E-state index in [9.17, 15) is 4.39 Å². The van der Waals surface area contributed by atoms with Crippen LogP contribution >= 0.6 is 0 Å². The van der Waals surface area contributed by atoms with E-state index in [1.807, 2.05) is 32.9 Å². The van der Waals surface area contributed by atoms with Crippen LogP contribution in [0.1, 0.15) is 116 Å². The number of nitrogens with zero attached hydrogens (tertiary/aromatic N) is 5. The molecule has 3 atom stereocenters. The number of rotatable bonds is 12. The van der Waals surface area contributed by atoms with Crippen LogP contribution in [0.15, 0.2) is 43.2 Å². The second kappa shape index (κ2) is 18.4. The summed E-state index contributed by atoms with van der Waals surface area (Å²) in [5, 5.41) is 5.40. The Balaban J connectivity index is 0.000000245. The maximum absolute atomic E-state index is 16.2. The van der Waals surface area contributed by atoms with Gasteiger partial charge in [0.15, 0.2) is 5.82 Å². The average molecular weight is 713 g/mol. The highest BCUT2D eigenvalue weighted by molar-refractivity contribution is 6.01. The second-order valence-electron chi connectivity index (χ2n) is 15.1. The lowest BCUT2D eigenvalue weighted by atomic mass is 9.93. The van der Waals surface area contributed by atoms with Gasteiger partial charge in [0.2, 0.25) is 0 Å². The fourth-order valence-corrected chi connectivity index (χ4v) is 8.83. The van der Waals surface area contributed by atoms with Crippen molar-refractivity contribution >= 4 is 27.5 Å².